The predicted molar refractivity (Wildman–Crippen MR) is 92.4 cm³/mol. The van der Waals surface area contributed by atoms with Crippen LogP contribution < -0.4 is 10.6 Å². The molecule has 1 fully saturated rings. The highest BCUT2D eigenvalue weighted by Crippen LogP contribution is 2.24. The Morgan fingerprint density at radius 1 is 1.29 bits per heavy atom. The molecule has 1 saturated heterocycles. The number of hydrogen-bond donors (Lipinski definition) is 2. The minimum atomic E-state index is -0.267. The van der Waals surface area contributed by atoms with Gasteiger partial charge in [-0.25, -0.2) is 0 Å². The van der Waals surface area contributed by atoms with Crippen molar-refractivity contribution in [3.05, 3.63) is 46.4 Å². The molecule has 3 rings (SSSR count). The number of rotatable bonds is 5. The molecule has 7 heteroatoms. The van der Waals surface area contributed by atoms with Crippen LogP contribution in [0.4, 0.5) is 5.69 Å². The van der Waals surface area contributed by atoms with Crippen molar-refractivity contribution in [3.8, 4) is 0 Å². The third kappa shape index (κ3) is 3.80. The van der Waals surface area contributed by atoms with Crippen LogP contribution in [-0.2, 0) is 4.74 Å². The molecule has 24 heavy (non-hydrogen) atoms. The lowest BCUT2D eigenvalue weighted by Crippen LogP contribution is -2.40. The number of ether oxygens (including phenoxy) is 1. The maximum atomic E-state index is 12.5. The molecule has 0 radical (unpaired) electrons. The monoisotopic (exact) mass is 345 g/mol. The number of carbonyl (C=O) groups excluding carboxylic acids is 2. The number of nitrogens with one attached hydrogen (secondary N) is 2. The number of anilines is 1. The number of carbonyl (C=O) groups is 2. The summed E-state index contributed by atoms with van der Waals surface area (Å²) in [6, 6.07) is 4.92. The van der Waals surface area contributed by atoms with E-state index < -0.39 is 0 Å². The molecule has 0 unspecified atom stereocenters. The van der Waals surface area contributed by atoms with Crippen LogP contribution >= 0.6 is 11.3 Å². The summed E-state index contributed by atoms with van der Waals surface area (Å²) in [5.41, 5.74) is 1.01. The van der Waals surface area contributed by atoms with Gasteiger partial charge in [0, 0.05) is 24.6 Å². The maximum absolute atomic E-state index is 12.5. The summed E-state index contributed by atoms with van der Waals surface area (Å²) >= 11 is 1.30. The molecule has 2 aromatic heterocycles. The number of hydrogen-bond acceptors (Lipinski definition) is 5. The van der Waals surface area contributed by atoms with Gasteiger partial charge in [0.05, 0.1) is 17.8 Å². The topological polar surface area (TPSA) is 80.3 Å². The average Bonchev–Trinajstić information content (AvgIpc) is 3.27. The molecule has 0 spiro atoms. The van der Waals surface area contributed by atoms with Crippen molar-refractivity contribution in [2.45, 2.75) is 31.9 Å². The first-order valence-corrected chi connectivity index (χ1v) is 8.74. The largest absolute Gasteiger partial charge is 0.376 e. The highest BCUT2D eigenvalue weighted by molar-refractivity contribution is 7.12. The van der Waals surface area contributed by atoms with Crippen molar-refractivity contribution >= 4 is 28.8 Å². The number of amides is 2. The Bertz CT molecular complexity index is 711. The third-order valence-corrected chi connectivity index (χ3v) is 4.86. The fourth-order valence-corrected chi connectivity index (χ4v) is 3.40. The highest BCUT2D eigenvalue weighted by Gasteiger charge is 2.25. The SMILES string of the molecule is C[C@@H](NC(=O)c1sccc1NC(=O)c1ccncc1)[C@@H]1CCCO1. The lowest BCUT2D eigenvalue weighted by molar-refractivity contribution is 0.0715. The van der Waals surface area contributed by atoms with Crippen LogP contribution in [0.2, 0.25) is 0 Å². The second kappa shape index (κ2) is 7.55. The van der Waals surface area contributed by atoms with Gasteiger partial charge in [-0.2, -0.15) is 0 Å². The molecular formula is C17H19N3O3S. The summed E-state index contributed by atoms with van der Waals surface area (Å²) in [5, 5.41) is 7.53. The van der Waals surface area contributed by atoms with Gasteiger partial charge in [0.25, 0.3) is 11.8 Å². The first-order valence-electron chi connectivity index (χ1n) is 7.86. The fraction of sp³-hybridized carbons (Fsp3) is 0.353. The number of pyridine rings is 1. The van der Waals surface area contributed by atoms with Crippen molar-refractivity contribution in [3.63, 3.8) is 0 Å². The van der Waals surface area contributed by atoms with E-state index in [2.05, 4.69) is 15.6 Å². The van der Waals surface area contributed by atoms with E-state index in [1.54, 1.807) is 36.0 Å². The quantitative estimate of drug-likeness (QED) is 0.873. The van der Waals surface area contributed by atoms with Gasteiger partial charge in [0.1, 0.15) is 4.88 Å². The first kappa shape index (κ1) is 16.6. The Kier molecular flexibility index (Phi) is 5.22. The minimum absolute atomic E-state index is 0.0590. The maximum Gasteiger partial charge on any atom is 0.263 e. The zero-order valence-electron chi connectivity index (χ0n) is 13.3. The Balaban J connectivity index is 1.66. The number of aromatic nitrogens is 1. The molecule has 6 nitrogen and oxygen atoms in total. The molecule has 2 amide bonds. The van der Waals surface area contributed by atoms with Crippen molar-refractivity contribution < 1.29 is 14.3 Å². The van der Waals surface area contributed by atoms with Crippen LogP contribution in [0, 0.1) is 0 Å². The minimum Gasteiger partial charge on any atom is -0.376 e. The molecule has 2 aromatic rings. The smallest absolute Gasteiger partial charge is 0.263 e. The molecule has 2 N–H and O–H groups in total. The Morgan fingerprint density at radius 3 is 2.79 bits per heavy atom. The van der Waals surface area contributed by atoms with Gasteiger partial charge in [0.15, 0.2) is 0 Å². The molecule has 0 aliphatic carbocycles. The van der Waals surface area contributed by atoms with Crippen LogP contribution in [0.15, 0.2) is 36.0 Å². The summed E-state index contributed by atoms with van der Waals surface area (Å²) in [6.07, 6.45) is 5.15. The van der Waals surface area contributed by atoms with Crippen molar-refractivity contribution in [2.75, 3.05) is 11.9 Å². The molecule has 1 aliphatic rings. The predicted octanol–water partition coefficient (Wildman–Crippen LogP) is 2.69. The van der Waals surface area contributed by atoms with Crippen LogP contribution in [-0.4, -0.2) is 35.6 Å². The van der Waals surface area contributed by atoms with Crippen LogP contribution in [0.1, 0.15) is 39.8 Å². The normalized spacial score (nSPS) is 18.1. The first-order chi connectivity index (χ1) is 11.6. The zero-order valence-corrected chi connectivity index (χ0v) is 14.1. The lowest BCUT2D eigenvalue weighted by Gasteiger charge is -2.20. The van der Waals surface area contributed by atoms with Gasteiger partial charge >= 0.3 is 0 Å². The van der Waals surface area contributed by atoms with Gasteiger partial charge < -0.3 is 15.4 Å². The summed E-state index contributed by atoms with van der Waals surface area (Å²) in [6.45, 7) is 2.69. The van der Waals surface area contributed by atoms with Gasteiger partial charge in [-0.15, -0.1) is 11.3 Å². The van der Waals surface area contributed by atoms with E-state index in [1.165, 1.54) is 11.3 Å². The summed E-state index contributed by atoms with van der Waals surface area (Å²) in [5.74, 6) is -0.463. The molecule has 2 atom stereocenters. The van der Waals surface area contributed by atoms with E-state index in [0.717, 1.165) is 19.4 Å². The Morgan fingerprint density at radius 2 is 2.08 bits per heavy atom. The van der Waals surface area contributed by atoms with Crippen LogP contribution in [0.25, 0.3) is 0 Å². The van der Waals surface area contributed by atoms with Crippen LogP contribution in [0.3, 0.4) is 0 Å². The molecule has 126 valence electrons. The van der Waals surface area contributed by atoms with Gasteiger partial charge in [-0.05, 0) is 43.3 Å². The van der Waals surface area contributed by atoms with Crippen molar-refractivity contribution in [2.24, 2.45) is 0 Å². The Labute approximate surface area is 144 Å². The number of nitrogens with zero attached hydrogens (tertiary/aromatic N) is 1. The van der Waals surface area contributed by atoms with Gasteiger partial charge in [-0.3, -0.25) is 14.6 Å². The summed E-state index contributed by atoms with van der Waals surface area (Å²) in [4.78, 5) is 29.1. The molecule has 0 aromatic carbocycles. The summed E-state index contributed by atoms with van der Waals surface area (Å²) < 4.78 is 5.60. The molecule has 3 heterocycles. The standard InChI is InChI=1S/C17H19N3O3S/c1-11(14-3-2-9-23-14)19-17(22)15-13(6-10-24-15)20-16(21)12-4-7-18-8-5-12/h4-8,10-11,14H,2-3,9H2,1H3,(H,19,22)(H,20,21)/t11-,14+/m1/s1. The molecular weight excluding hydrogens is 326 g/mol. The Hall–Kier alpha value is -2.25. The van der Waals surface area contributed by atoms with E-state index in [4.69, 9.17) is 4.74 Å². The van der Waals surface area contributed by atoms with Gasteiger partial charge in [0.2, 0.25) is 0 Å². The second-order valence-electron chi connectivity index (χ2n) is 5.67. The van der Waals surface area contributed by atoms with E-state index in [1.807, 2.05) is 6.92 Å². The van der Waals surface area contributed by atoms with Crippen LogP contribution in [0.5, 0.6) is 0 Å². The molecule has 0 bridgehead atoms. The van der Waals surface area contributed by atoms with E-state index in [0.29, 0.717) is 16.1 Å². The third-order valence-electron chi connectivity index (χ3n) is 3.94. The average molecular weight is 345 g/mol. The lowest BCUT2D eigenvalue weighted by atomic mass is 10.1. The highest BCUT2D eigenvalue weighted by atomic mass is 32.1. The van der Waals surface area contributed by atoms with Gasteiger partial charge in [-0.1, -0.05) is 0 Å². The van der Waals surface area contributed by atoms with Crippen molar-refractivity contribution in [1.29, 1.82) is 0 Å². The summed E-state index contributed by atoms with van der Waals surface area (Å²) in [7, 11) is 0. The number of thiophene rings is 1. The molecule has 0 saturated carbocycles. The molecule has 1 aliphatic heterocycles. The fourth-order valence-electron chi connectivity index (χ4n) is 2.64. The van der Waals surface area contributed by atoms with Crippen molar-refractivity contribution in [1.82, 2.24) is 10.3 Å². The van der Waals surface area contributed by atoms with E-state index in [-0.39, 0.29) is 24.0 Å². The van der Waals surface area contributed by atoms with E-state index >= 15 is 0 Å². The van der Waals surface area contributed by atoms with E-state index in [9.17, 15) is 9.59 Å². The second-order valence-corrected chi connectivity index (χ2v) is 6.58. The zero-order chi connectivity index (χ0) is 16.9.